The molecule has 0 radical (unpaired) electrons. The van der Waals surface area contributed by atoms with E-state index in [0.717, 1.165) is 5.56 Å². The molecule has 2 aromatic rings. The highest BCUT2D eigenvalue weighted by atomic mass is 35.5. The number of hydrogen-bond donors (Lipinski definition) is 2. The van der Waals surface area contributed by atoms with Gasteiger partial charge in [0.1, 0.15) is 0 Å². The van der Waals surface area contributed by atoms with Crippen molar-refractivity contribution in [3.05, 3.63) is 59.1 Å². The molecule has 0 unspecified atom stereocenters. The number of sulfonamides is 1. The number of hydrogen-bond acceptors (Lipinski definition) is 3. The van der Waals surface area contributed by atoms with E-state index in [9.17, 15) is 13.2 Å². The van der Waals surface area contributed by atoms with Gasteiger partial charge in [0, 0.05) is 23.7 Å². The third-order valence-electron chi connectivity index (χ3n) is 3.46. The van der Waals surface area contributed by atoms with E-state index in [0.29, 0.717) is 17.1 Å². The molecule has 1 atom stereocenters. The van der Waals surface area contributed by atoms with Crippen molar-refractivity contribution in [2.24, 2.45) is 0 Å². The molecule has 0 aromatic heterocycles. The summed E-state index contributed by atoms with van der Waals surface area (Å²) in [6, 6.07) is 12.8. The van der Waals surface area contributed by atoms with Gasteiger partial charge in [0.15, 0.2) is 0 Å². The summed E-state index contributed by atoms with van der Waals surface area (Å²) in [4.78, 5) is 11.2. The molecule has 1 amide bonds. The fourth-order valence-corrected chi connectivity index (χ4v) is 3.69. The largest absolute Gasteiger partial charge is 0.326 e. The Balaban J connectivity index is 2.19. The molecule has 0 heterocycles. The Kier molecular flexibility index (Phi) is 5.99. The van der Waals surface area contributed by atoms with Crippen LogP contribution in [-0.4, -0.2) is 14.3 Å². The molecule has 0 saturated heterocycles. The van der Waals surface area contributed by atoms with Gasteiger partial charge in [0.25, 0.3) is 0 Å². The molecule has 2 aromatic carbocycles. The van der Waals surface area contributed by atoms with Gasteiger partial charge in [-0.3, -0.25) is 4.79 Å². The Morgan fingerprint density at radius 3 is 2.17 bits per heavy atom. The van der Waals surface area contributed by atoms with Crippen LogP contribution in [0.5, 0.6) is 0 Å². The lowest BCUT2D eigenvalue weighted by Crippen LogP contribution is -2.28. The zero-order valence-corrected chi connectivity index (χ0v) is 15.0. The Morgan fingerprint density at radius 2 is 1.67 bits per heavy atom. The van der Waals surface area contributed by atoms with Gasteiger partial charge >= 0.3 is 0 Å². The van der Waals surface area contributed by atoms with Crippen LogP contribution in [0, 0.1) is 0 Å². The lowest BCUT2D eigenvalue weighted by atomic mass is 10.1. The third kappa shape index (κ3) is 4.80. The number of carbonyl (C=O) groups is 1. The van der Waals surface area contributed by atoms with Crippen molar-refractivity contribution in [2.75, 3.05) is 5.32 Å². The van der Waals surface area contributed by atoms with E-state index in [1.165, 1.54) is 19.1 Å². The first-order chi connectivity index (χ1) is 11.3. The second-order valence-corrected chi connectivity index (χ2v) is 7.49. The fraction of sp³-hybridized carbons (Fsp3) is 0.235. The number of amides is 1. The molecule has 0 bridgehead atoms. The Labute approximate surface area is 147 Å². The van der Waals surface area contributed by atoms with Gasteiger partial charge in [0.05, 0.1) is 4.90 Å². The number of carbonyl (C=O) groups excluding carboxylic acids is 1. The molecule has 128 valence electrons. The second kappa shape index (κ2) is 7.79. The highest BCUT2D eigenvalue weighted by Crippen LogP contribution is 2.22. The smallest absolute Gasteiger partial charge is 0.241 e. The van der Waals surface area contributed by atoms with E-state index < -0.39 is 10.0 Å². The lowest BCUT2D eigenvalue weighted by molar-refractivity contribution is -0.114. The maximum absolute atomic E-state index is 12.6. The molecule has 0 saturated carbocycles. The van der Waals surface area contributed by atoms with Crippen molar-refractivity contribution in [1.82, 2.24) is 4.72 Å². The quantitative estimate of drug-likeness (QED) is 0.817. The molecule has 24 heavy (non-hydrogen) atoms. The Morgan fingerprint density at radius 1 is 1.08 bits per heavy atom. The maximum atomic E-state index is 12.6. The minimum Gasteiger partial charge on any atom is -0.326 e. The molecule has 2 rings (SSSR count). The standard InChI is InChI=1S/C17H19ClN2O3S/c1-3-17(13-4-6-14(18)7-5-13)20-24(22,23)16-10-8-15(9-11-16)19-12(2)21/h4-11,17,20H,3H2,1-2H3,(H,19,21)/t17-/m1/s1. The fourth-order valence-electron chi connectivity index (χ4n) is 2.26. The van der Waals surface area contributed by atoms with Crippen LogP contribution in [0.2, 0.25) is 5.02 Å². The molecule has 5 nitrogen and oxygen atoms in total. The zero-order valence-electron chi connectivity index (χ0n) is 13.4. The van der Waals surface area contributed by atoms with Gasteiger partial charge in [-0.05, 0) is 48.4 Å². The van der Waals surface area contributed by atoms with Gasteiger partial charge < -0.3 is 5.32 Å². The van der Waals surface area contributed by atoms with Crippen molar-refractivity contribution >= 4 is 33.2 Å². The van der Waals surface area contributed by atoms with Crippen LogP contribution in [-0.2, 0) is 14.8 Å². The minimum atomic E-state index is -3.67. The summed E-state index contributed by atoms with van der Waals surface area (Å²) in [5.74, 6) is -0.211. The predicted molar refractivity (Wildman–Crippen MR) is 95.6 cm³/mol. The van der Waals surface area contributed by atoms with E-state index in [4.69, 9.17) is 11.6 Å². The van der Waals surface area contributed by atoms with Crippen molar-refractivity contribution < 1.29 is 13.2 Å². The van der Waals surface area contributed by atoms with Gasteiger partial charge in [-0.1, -0.05) is 30.7 Å². The second-order valence-electron chi connectivity index (χ2n) is 5.34. The number of nitrogens with one attached hydrogen (secondary N) is 2. The molecule has 2 N–H and O–H groups in total. The minimum absolute atomic E-state index is 0.143. The Hall–Kier alpha value is -1.89. The van der Waals surface area contributed by atoms with Crippen LogP contribution in [0.1, 0.15) is 31.9 Å². The van der Waals surface area contributed by atoms with E-state index in [2.05, 4.69) is 10.0 Å². The van der Waals surface area contributed by atoms with Crippen LogP contribution in [0.15, 0.2) is 53.4 Å². The Bertz CT molecular complexity index is 803. The molecule has 0 aliphatic rings. The SMILES string of the molecule is CC[C@@H](NS(=O)(=O)c1ccc(NC(C)=O)cc1)c1ccc(Cl)cc1. The molecule has 0 spiro atoms. The number of anilines is 1. The van der Waals surface area contributed by atoms with Crippen molar-refractivity contribution in [2.45, 2.75) is 31.2 Å². The first-order valence-corrected chi connectivity index (χ1v) is 9.33. The predicted octanol–water partition coefficient (Wildman–Crippen LogP) is 3.73. The zero-order chi connectivity index (χ0) is 17.7. The molecule has 7 heteroatoms. The molecule has 0 fully saturated rings. The van der Waals surface area contributed by atoms with Gasteiger partial charge in [-0.25, -0.2) is 13.1 Å². The lowest BCUT2D eigenvalue weighted by Gasteiger charge is -2.18. The van der Waals surface area contributed by atoms with Crippen LogP contribution in [0.4, 0.5) is 5.69 Å². The van der Waals surface area contributed by atoms with E-state index >= 15 is 0 Å². The highest BCUT2D eigenvalue weighted by Gasteiger charge is 2.20. The van der Waals surface area contributed by atoms with Crippen molar-refractivity contribution in [1.29, 1.82) is 0 Å². The summed E-state index contributed by atoms with van der Waals surface area (Å²) >= 11 is 5.87. The first-order valence-electron chi connectivity index (χ1n) is 7.47. The molecular weight excluding hydrogens is 348 g/mol. The summed E-state index contributed by atoms with van der Waals surface area (Å²) in [6.07, 6.45) is 0.602. The normalized spacial score (nSPS) is 12.6. The summed E-state index contributed by atoms with van der Waals surface area (Å²) in [5, 5.41) is 3.20. The van der Waals surface area contributed by atoms with Gasteiger partial charge in [0.2, 0.25) is 15.9 Å². The van der Waals surface area contributed by atoms with Crippen LogP contribution < -0.4 is 10.0 Å². The van der Waals surface area contributed by atoms with Crippen LogP contribution >= 0.6 is 11.6 Å². The van der Waals surface area contributed by atoms with Gasteiger partial charge in [-0.2, -0.15) is 0 Å². The van der Waals surface area contributed by atoms with Crippen molar-refractivity contribution in [3.63, 3.8) is 0 Å². The third-order valence-corrected chi connectivity index (χ3v) is 5.20. The molecule has 0 aliphatic heterocycles. The average molecular weight is 367 g/mol. The molecular formula is C17H19ClN2O3S. The van der Waals surface area contributed by atoms with E-state index in [1.54, 1.807) is 36.4 Å². The van der Waals surface area contributed by atoms with E-state index in [1.807, 2.05) is 6.92 Å². The highest BCUT2D eigenvalue weighted by molar-refractivity contribution is 7.89. The van der Waals surface area contributed by atoms with Crippen LogP contribution in [0.25, 0.3) is 0 Å². The van der Waals surface area contributed by atoms with Crippen molar-refractivity contribution in [3.8, 4) is 0 Å². The average Bonchev–Trinajstić information content (AvgIpc) is 2.53. The monoisotopic (exact) mass is 366 g/mol. The topological polar surface area (TPSA) is 75.3 Å². The number of rotatable bonds is 6. The first kappa shape index (κ1) is 18.4. The molecule has 0 aliphatic carbocycles. The number of benzene rings is 2. The number of halogens is 1. The summed E-state index contributed by atoms with van der Waals surface area (Å²) < 4.78 is 27.8. The maximum Gasteiger partial charge on any atom is 0.241 e. The summed E-state index contributed by atoms with van der Waals surface area (Å²) in [6.45, 7) is 3.30. The summed E-state index contributed by atoms with van der Waals surface area (Å²) in [7, 11) is -3.67. The summed E-state index contributed by atoms with van der Waals surface area (Å²) in [5.41, 5.74) is 1.39. The van der Waals surface area contributed by atoms with E-state index in [-0.39, 0.29) is 16.8 Å². The van der Waals surface area contributed by atoms with Gasteiger partial charge in [-0.15, -0.1) is 0 Å². The van der Waals surface area contributed by atoms with Crippen LogP contribution in [0.3, 0.4) is 0 Å².